The first-order valence-corrected chi connectivity index (χ1v) is 9.98. The molecule has 2 heterocycles. The summed E-state index contributed by atoms with van der Waals surface area (Å²) in [4.78, 5) is 28.9. The number of benzene rings is 1. The van der Waals surface area contributed by atoms with E-state index in [2.05, 4.69) is 0 Å². The van der Waals surface area contributed by atoms with Crippen LogP contribution in [0.25, 0.3) is 0 Å². The van der Waals surface area contributed by atoms with Gasteiger partial charge in [0.15, 0.2) is 0 Å². The van der Waals surface area contributed by atoms with Gasteiger partial charge in [0.05, 0.1) is 19.6 Å². The van der Waals surface area contributed by atoms with E-state index in [1.165, 1.54) is 13.5 Å². The van der Waals surface area contributed by atoms with Crippen LogP contribution in [0, 0.1) is 0 Å². The minimum Gasteiger partial charge on any atom is -0.490 e. The molecule has 0 bridgehead atoms. The Labute approximate surface area is 166 Å². The molecular weight excluding hydrogens is 360 g/mol. The summed E-state index contributed by atoms with van der Waals surface area (Å²) in [5.74, 6) is 0.689. The molecule has 7 heteroatoms. The molecule has 2 fully saturated rings. The van der Waals surface area contributed by atoms with Crippen LogP contribution < -0.4 is 4.74 Å². The minimum absolute atomic E-state index is 0.0235. The van der Waals surface area contributed by atoms with E-state index in [9.17, 15) is 9.59 Å². The lowest BCUT2D eigenvalue weighted by Gasteiger charge is -2.43. The lowest BCUT2D eigenvalue weighted by molar-refractivity contribution is -0.168. The molecule has 1 atom stereocenters. The number of hydrogen-bond donors (Lipinski definition) is 0. The first-order chi connectivity index (χ1) is 13.6. The van der Waals surface area contributed by atoms with Gasteiger partial charge < -0.3 is 24.0 Å². The van der Waals surface area contributed by atoms with Crippen LogP contribution in [0.15, 0.2) is 30.3 Å². The third-order valence-electron chi connectivity index (χ3n) is 5.30. The van der Waals surface area contributed by atoms with Crippen molar-refractivity contribution in [1.29, 1.82) is 0 Å². The lowest BCUT2D eigenvalue weighted by atomic mass is 9.96. The van der Waals surface area contributed by atoms with Crippen LogP contribution in [-0.2, 0) is 19.1 Å². The quantitative estimate of drug-likeness (QED) is 0.709. The molecule has 1 unspecified atom stereocenters. The van der Waals surface area contributed by atoms with Crippen LogP contribution in [0.5, 0.6) is 5.75 Å². The molecule has 154 valence electrons. The molecule has 2 aliphatic heterocycles. The highest BCUT2D eigenvalue weighted by Gasteiger charge is 2.42. The summed E-state index contributed by atoms with van der Waals surface area (Å²) in [7, 11) is 1.50. The average molecular weight is 390 g/mol. The second-order valence-electron chi connectivity index (χ2n) is 7.50. The third kappa shape index (κ3) is 5.45. The zero-order valence-electron chi connectivity index (χ0n) is 16.6. The maximum absolute atomic E-state index is 12.9. The van der Waals surface area contributed by atoms with Gasteiger partial charge in [-0.3, -0.25) is 9.59 Å². The Balaban J connectivity index is 1.72. The van der Waals surface area contributed by atoms with Gasteiger partial charge in [0, 0.05) is 26.7 Å². The fourth-order valence-corrected chi connectivity index (χ4v) is 3.78. The maximum Gasteiger partial charge on any atom is 0.248 e. The fraction of sp³-hybridized carbons (Fsp3) is 0.619. The molecule has 0 radical (unpaired) electrons. The number of likely N-dealkylation sites (tertiary alicyclic amines) is 1. The number of carbonyl (C=O) groups excluding carboxylic acids is 2. The third-order valence-corrected chi connectivity index (χ3v) is 5.30. The highest BCUT2D eigenvalue weighted by molar-refractivity contribution is 5.79. The molecule has 1 aromatic carbocycles. The zero-order chi connectivity index (χ0) is 19.8. The van der Waals surface area contributed by atoms with Gasteiger partial charge in [-0.2, -0.15) is 0 Å². The smallest absolute Gasteiger partial charge is 0.248 e. The van der Waals surface area contributed by atoms with Gasteiger partial charge >= 0.3 is 0 Å². The first-order valence-electron chi connectivity index (χ1n) is 9.98. The summed E-state index contributed by atoms with van der Waals surface area (Å²) in [6.07, 6.45) is 3.45. The van der Waals surface area contributed by atoms with Crippen LogP contribution in [0.3, 0.4) is 0 Å². The van der Waals surface area contributed by atoms with E-state index in [-0.39, 0.29) is 31.4 Å². The van der Waals surface area contributed by atoms with Crippen molar-refractivity contribution in [2.75, 3.05) is 53.1 Å². The van der Waals surface area contributed by atoms with E-state index in [1.807, 2.05) is 35.2 Å². The molecule has 1 aromatic rings. The number of ether oxygens (including phenoxy) is 3. The van der Waals surface area contributed by atoms with Gasteiger partial charge in [0.2, 0.25) is 11.8 Å². The van der Waals surface area contributed by atoms with Gasteiger partial charge in [-0.1, -0.05) is 18.2 Å². The van der Waals surface area contributed by atoms with Crippen LogP contribution in [0.1, 0.15) is 25.7 Å². The maximum atomic E-state index is 12.9. The molecule has 28 heavy (non-hydrogen) atoms. The van der Waals surface area contributed by atoms with E-state index in [4.69, 9.17) is 14.2 Å². The second-order valence-corrected chi connectivity index (χ2v) is 7.50. The Bertz CT molecular complexity index is 647. The van der Waals surface area contributed by atoms with E-state index < -0.39 is 5.60 Å². The normalized spacial score (nSPS) is 22.8. The molecule has 3 rings (SSSR count). The second kappa shape index (κ2) is 9.89. The van der Waals surface area contributed by atoms with E-state index in [1.54, 1.807) is 4.90 Å². The summed E-state index contributed by atoms with van der Waals surface area (Å²) in [6, 6.07) is 9.46. The Kier molecular flexibility index (Phi) is 7.28. The predicted octanol–water partition coefficient (Wildman–Crippen LogP) is 1.71. The number of para-hydroxylation sites is 1. The standard InChI is InChI=1S/C21H30N2O5/c1-26-15-20(25)23-12-13-28-21(16-23,17-27-18-8-4-2-5-9-18)14-19(24)22-10-6-3-7-11-22/h2,4-5,8-9H,3,6-7,10-17H2,1H3. The van der Waals surface area contributed by atoms with Crippen LogP contribution in [0.4, 0.5) is 0 Å². The van der Waals surface area contributed by atoms with Crippen molar-refractivity contribution in [3.05, 3.63) is 30.3 Å². The van der Waals surface area contributed by atoms with E-state index in [0.29, 0.717) is 19.7 Å². The number of hydrogen-bond acceptors (Lipinski definition) is 5. The summed E-state index contributed by atoms with van der Waals surface area (Å²) in [6.45, 7) is 3.01. The van der Waals surface area contributed by atoms with Crippen LogP contribution >= 0.6 is 0 Å². The Morgan fingerprint density at radius 3 is 2.50 bits per heavy atom. The summed E-state index contributed by atoms with van der Waals surface area (Å²) in [5.41, 5.74) is -0.855. The molecule has 0 spiro atoms. The monoisotopic (exact) mass is 390 g/mol. The van der Waals surface area contributed by atoms with Crippen molar-refractivity contribution in [2.24, 2.45) is 0 Å². The zero-order valence-corrected chi connectivity index (χ0v) is 16.6. The number of methoxy groups -OCH3 is 1. The van der Waals surface area contributed by atoms with Crippen molar-refractivity contribution >= 4 is 11.8 Å². The molecule has 2 amide bonds. The van der Waals surface area contributed by atoms with Crippen LogP contribution in [0.2, 0.25) is 0 Å². The number of amides is 2. The molecule has 2 saturated heterocycles. The van der Waals surface area contributed by atoms with E-state index in [0.717, 1.165) is 31.7 Å². The molecule has 2 aliphatic rings. The average Bonchev–Trinajstić information content (AvgIpc) is 2.74. The molecule has 0 aliphatic carbocycles. The molecule has 7 nitrogen and oxygen atoms in total. The van der Waals surface area contributed by atoms with Crippen molar-refractivity contribution < 1.29 is 23.8 Å². The SMILES string of the molecule is COCC(=O)N1CCOC(COc2ccccc2)(CC(=O)N2CCCCC2)C1. The first kappa shape index (κ1) is 20.6. The lowest BCUT2D eigenvalue weighted by Crippen LogP contribution is -2.59. The van der Waals surface area contributed by atoms with Crippen molar-refractivity contribution in [3.8, 4) is 5.75 Å². The summed E-state index contributed by atoms with van der Waals surface area (Å²) < 4.78 is 17.1. The Morgan fingerprint density at radius 2 is 1.79 bits per heavy atom. The van der Waals surface area contributed by atoms with Gasteiger partial charge in [-0.25, -0.2) is 0 Å². The largest absolute Gasteiger partial charge is 0.490 e. The Hall–Kier alpha value is -2.12. The Morgan fingerprint density at radius 1 is 1.04 bits per heavy atom. The topological polar surface area (TPSA) is 68.3 Å². The molecule has 0 saturated carbocycles. The van der Waals surface area contributed by atoms with Gasteiger partial charge in [-0.15, -0.1) is 0 Å². The van der Waals surface area contributed by atoms with Gasteiger partial charge in [-0.05, 0) is 31.4 Å². The van der Waals surface area contributed by atoms with Crippen LogP contribution in [-0.4, -0.2) is 80.3 Å². The number of rotatable bonds is 7. The minimum atomic E-state index is -0.855. The van der Waals surface area contributed by atoms with Crippen molar-refractivity contribution in [3.63, 3.8) is 0 Å². The van der Waals surface area contributed by atoms with Crippen molar-refractivity contribution in [1.82, 2.24) is 9.80 Å². The van der Waals surface area contributed by atoms with Gasteiger partial charge in [0.25, 0.3) is 0 Å². The highest BCUT2D eigenvalue weighted by atomic mass is 16.5. The van der Waals surface area contributed by atoms with Gasteiger partial charge in [0.1, 0.15) is 24.6 Å². The summed E-state index contributed by atoms with van der Waals surface area (Å²) >= 11 is 0. The fourth-order valence-electron chi connectivity index (χ4n) is 3.78. The predicted molar refractivity (Wildman–Crippen MR) is 104 cm³/mol. The number of nitrogens with zero attached hydrogens (tertiary/aromatic N) is 2. The molecule has 0 N–H and O–H groups in total. The highest BCUT2D eigenvalue weighted by Crippen LogP contribution is 2.26. The molecular formula is C21H30N2O5. The summed E-state index contributed by atoms with van der Waals surface area (Å²) in [5, 5.41) is 0. The number of carbonyl (C=O) groups is 2. The van der Waals surface area contributed by atoms with Crippen molar-refractivity contribution in [2.45, 2.75) is 31.3 Å². The molecule has 0 aromatic heterocycles. The number of morpholine rings is 1. The number of piperidine rings is 1. The van der Waals surface area contributed by atoms with E-state index >= 15 is 0 Å².